The quantitative estimate of drug-likeness (QED) is 0.0804. The molecule has 0 amide bonds. The minimum Gasteiger partial charge on any atom is -0.463 e. The molecule has 44 heavy (non-hydrogen) atoms. The smallest absolute Gasteiger partial charge is 0.303 e. The fourth-order valence-corrected chi connectivity index (χ4v) is 5.60. The zero-order chi connectivity index (χ0) is 32.0. The molecule has 1 fully saturated rings. The summed E-state index contributed by atoms with van der Waals surface area (Å²) in [7, 11) is 0. The first-order chi connectivity index (χ1) is 21.3. The van der Waals surface area contributed by atoms with Gasteiger partial charge in [0.05, 0.1) is 12.6 Å². The molecule has 0 spiro atoms. The highest BCUT2D eigenvalue weighted by molar-refractivity contribution is 5.68. The first-order valence-electron chi connectivity index (χ1n) is 16.8. The molecule has 1 aromatic carbocycles. The monoisotopic (exact) mass is 619 g/mol. The second-order valence-electron chi connectivity index (χ2n) is 11.9. The number of hydrogen-bond acceptors (Lipinski definition) is 9. The van der Waals surface area contributed by atoms with Crippen LogP contribution in [0.25, 0.3) is 0 Å². The molecule has 250 valence electrons. The van der Waals surface area contributed by atoms with Crippen molar-refractivity contribution >= 4 is 17.9 Å². The Labute approximate surface area is 265 Å². The lowest BCUT2D eigenvalue weighted by Crippen LogP contribution is -2.66. The van der Waals surface area contributed by atoms with Gasteiger partial charge in [-0.15, -0.1) is 0 Å². The van der Waals surface area contributed by atoms with E-state index >= 15 is 0 Å². The number of rotatable bonds is 23. The van der Waals surface area contributed by atoms with E-state index in [1.807, 2.05) is 30.3 Å². The maximum absolute atomic E-state index is 12.2. The number of esters is 3. The van der Waals surface area contributed by atoms with Crippen LogP contribution in [-0.2, 0) is 44.7 Å². The van der Waals surface area contributed by atoms with E-state index in [0.717, 1.165) is 18.4 Å². The highest BCUT2D eigenvalue weighted by atomic mass is 16.7. The van der Waals surface area contributed by atoms with E-state index in [9.17, 15) is 14.4 Å². The molecule has 9 nitrogen and oxygen atoms in total. The maximum Gasteiger partial charge on any atom is 0.303 e. The highest BCUT2D eigenvalue weighted by Gasteiger charge is 2.50. The summed E-state index contributed by atoms with van der Waals surface area (Å²) in [5.41, 5.74) is 0.949. The molecule has 0 aliphatic carbocycles. The van der Waals surface area contributed by atoms with E-state index in [0.29, 0.717) is 6.54 Å². The number of unbranched alkanes of at least 4 members (excludes halogenated alkanes) is 13. The van der Waals surface area contributed by atoms with Gasteiger partial charge in [-0.2, -0.15) is 0 Å². The van der Waals surface area contributed by atoms with Crippen molar-refractivity contribution in [3.8, 4) is 0 Å². The van der Waals surface area contributed by atoms with Gasteiger partial charge < -0.3 is 29.0 Å². The zero-order valence-corrected chi connectivity index (χ0v) is 27.6. The SMILES string of the molecule is CCCCCCCCCCCCCCCCN[C@@H]1[C@@H](OCc2ccccc2)O[C@H](COC(C)=O)[C@@H](OC(C)=O)[C@@H]1OC(C)=O. The number of ether oxygens (including phenoxy) is 5. The Kier molecular flexibility index (Phi) is 19.6. The van der Waals surface area contributed by atoms with Crippen LogP contribution in [0.2, 0.25) is 0 Å². The van der Waals surface area contributed by atoms with Crippen LogP contribution in [0.15, 0.2) is 30.3 Å². The van der Waals surface area contributed by atoms with E-state index < -0.39 is 48.6 Å². The van der Waals surface area contributed by atoms with Gasteiger partial charge in [0.15, 0.2) is 18.5 Å². The van der Waals surface area contributed by atoms with Crippen molar-refractivity contribution in [2.75, 3.05) is 13.2 Å². The van der Waals surface area contributed by atoms with Crippen LogP contribution in [0.3, 0.4) is 0 Å². The van der Waals surface area contributed by atoms with Gasteiger partial charge in [0.1, 0.15) is 12.7 Å². The third-order valence-electron chi connectivity index (χ3n) is 7.87. The van der Waals surface area contributed by atoms with Crippen LogP contribution in [0.5, 0.6) is 0 Å². The van der Waals surface area contributed by atoms with Crippen molar-refractivity contribution in [1.82, 2.24) is 5.32 Å². The topological polar surface area (TPSA) is 109 Å². The molecule has 1 saturated heterocycles. The molecule has 1 aromatic rings. The van der Waals surface area contributed by atoms with Gasteiger partial charge >= 0.3 is 17.9 Å². The first kappa shape index (κ1) is 37.7. The molecular weight excluding hydrogens is 562 g/mol. The Morgan fingerprint density at radius 2 is 1.23 bits per heavy atom. The fourth-order valence-electron chi connectivity index (χ4n) is 5.60. The largest absolute Gasteiger partial charge is 0.463 e. The lowest BCUT2D eigenvalue weighted by Gasteiger charge is -2.45. The summed E-state index contributed by atoms with van der Waals surface area (Å²) < 4.78 is 29.0. The van der Waals surface area contributed by atoms with Gasteiger partial charge in [0.25, 0.3) is 0 Å². The number of nitrogens with one attached hydrogen (secondary N) is 1. The van der Waals surface area contributed by atoms with Gasteiger partial charge in [-0.25, -0.2) is 0 Å². The molecule has 1 heterocycles. The lowest BCUT2D eigenvalue weighted by atomic mass is 9.95. The van der Waals surface area contributed by atoms with Crippen LogP contribution >= 0.6 is 0 Å². The molecule has 1 N–H and O–H groups in total. The molecule has 0 saturated carbocycles. The van der Waals surface area contributed by atoms with E-state index in [1.54, 1.807) is 0 Å². The molecule has 0 aromatic heterocycles. The summed E-state index contributed by atoms with van der Waals surface area (Å²) in [5.74, 6) is -1.58. The van der Waals surface area contributed by atoms with Crippen LogP contribution < -0.4 is 5.32 Å². The Morgan fingerprint density at radius 3 is 1.75 bits per heavy atom. The molecule has 5 atom stereocenters. The summed E-state index contributed by atoms with van der Waals surface area (Å²) in [6.07, 6.45) is 14.2. The molecule has 9 heteroatoms. The van der Waals surface area contributed by atoms with E-state index in [4.69, 9.17) is 23.7 Å². The molecular formula is C35H57NO8. The normalized spacial score (nSPS) is 21.5. The molecule has 0 radical (unpaired) electrons. The molecule has 2 rings (SSSR count). The number of hydrogen-bond donors (Lipinski definition) is 1. The summed E-state index contributed by atoms with van der Waals surface area (Å²) in [5, 5.41) is 3.47. The molecule has 1 aliphatic heterocycles. The molecule has 0 bridgehead atoms. The van der Waals surface area contributed by atoms with E-state index in [1.165, 1.54) is 97.8 Å². The minimum atomic E-state index is -0.985. The van der Waals surface area contributed by atoms with Crippen LogP contribution in [0, 0.1) is 0 Å². The summed E-state index contributed by atoms with van der Waals surface area (Å²) in [6.45, 7) is 6.87. The van der Waals surface area contributed by atoms with Gasteiger partial charge in [-0.05, 0) is 18.5 Å². The first-order valence-corrected chi connectivity index (χ1v) is 16.8. The number of carbonyl (C=O) groups is 3. The predicted molar refractivity (Wildman–Crippen MR) is 170 cm³/mol. The van der Waals surface area contributed by atoms with E-state index in [2.05, 4.69) is 12.2 Å². The summed E-state index contributed by atoms with van der Waals surface area (Å²) in [4.78, 5) is 35.8. The average Bonchev–Trinajstić information content (AvgIpc) is 2.99. The van der Waals surface area contributed by atoms with Crippen molar-refractivity contribution in [3.63, 3.8) is 0 Å². The predicted octanol–water partition coefficient (Wildman–Crippen LogP) is 6.79. The zero-order valence-electron chi connectivity index (χ0n) is 27.6. The second-order valence-corrected chi connectivity index (χ2v) is 11.9. The Hall–Kier alpha value is -2.49. The van der Waals surface area contributed by atoms with Gasteiger partial charge in [0.2, 0.25) is 0 Å². The lowest BCUT2D eigenvalue weighted by molar-refractivity contribution is -0.281. The standard InChI is InChI=1S/C35H57NO8/c1-5-6-7-8-9-10-11-12-13-14-15-16-17-21-24-36-32-34(43-29(4)39)33(42-28(3)38)31(26-40-27(2)37)44-35(32)41-25-30-22-19-18-20-23-30/h18-20,22-23,31-36H,5-17,21,24-26H2,1-4H3/t31-,32+,33-,34-,35+/m1/s1. The summed E-state index contributed by atoms with van der Waals surface area (Å²) >= 11 is 0. The Bertz CT molecular complexity index is 927. The second kappa shape index (κ2) is 22.9. The van der Waals surface area contributed by atoms with Crippen molar-refractivity contribution < 1.29 is 38.1 Å². The van der Waals surface area contributed by atoms with Gasteiger partial charge in [0, 0.05) is 20.8 Å². The van der Waals surface area contributed by atoms with Crippen LogP contribution in [0.4, 0.5) is 0 Å². The number of carbonyl (C=O) groups excluding carboxylic acids is 3. The maximum atomic E-state index is 12.2. The number of benzene rings is 1. The van der Waals surface area contributed by atoms with Crippen molar-refractivity contribution in [3.05, 3.63) is 35.9 Å². The highest BCUT2D eigenvalue weighted by Crippen LogP contribution is 2.28. The average molecular weight is 620 g/mol. The molecule has 0 unspecified atom stereocenters. The van der Waals surface area contributed by atoms with Crippen molar-refractivity contribution in [2.24, 2.45) is 0 Å². The Morgan fingerprint density at radius 1 is 0.705 bits per heavy atom. The summed E-state index contributed by atoms with van der Waals surface area (Å²) in [6, 6.07) is 9.06. The van der Waals surface area contributed by atoms with E-state index in [-0.39, 0.29) is 13.2 Å². The minimum absolute atomic E-state index is 0.179. The molecule has 1 aliphatic rings. The van der Waals surface area contributed by atoms with Gasteiger partial charge in [-0.3, -0.25) is 14.4 Å². The van der Waals surface area contributed by atoms with Gasteiger partial charge in [-0.1, -0.05) is 121 Å². The third-order valence-corrected chi connectivity index (χ3v) is 7.87. The van der Waals surface area contributed by atoms with Crippen molar-refractivity contribution in [1.29, 1.82) is 0 Å². The van der Waals surface area contributed by atoms with Crippen LogP contribution in [0.1, 0.15) is 123 Å². The van der Waals surface area contributed by atoms with Crippen LogP contribution in [-0.4, -0.2) is 61.7 Å². The fraction of sp³-hybridized carbons (Fsp3) is 0.743. The third kappa shape index (κ3) is 16.0. The Balaban J connectivity index is 1.91. The van der Waals surface area contributed by atoms with Crippen molar-refractivity contribution in [2.45, 2.75) is 155 Å².